The van der Waals surface area contributed by atoms with Gasteiger partial charge in [0.15, 0.2) is 0 Å². The number of aliphatic hydroxyl groups is 1. The summed E-state index contributed by atoms with van der Waals surface area (Å²) in [5.41, 5.74) is 0. The molecule has 1 aliphatic rings. The minimum atomic E-state index is -0.773. The van der Waals surface area contributed by atoms with Crippen LogP contribution >= 0.6 is 0 Å². The van der Waals surface area contributed by atoms with E-state index < -0.39 is 18.2 Å². The summed E-state index contributed by atoms with van der Waals surface area (Å²) in [5.74, 6) is -1.13. The minimum absolute atomic E-state index is 0.128. The first-order chi connectivity index (χ1) is 8.99. The van der Waals surface area contributed by atoms with Crippen LogP contribution in [0.25, 0.3) is 0 Å². The molecule has 4 atom stereocenters. The van der Waals surface area contributed by atoms with Crippen LogP contribution in [0.1, 0.15) is 33.1 Å². The maximum atomic E-state index is 11.7. The van der Waals surface area contributed by atoms with Crippen LogP contribution in [-0.2, 0) is 19.1 Å². The minimum Gasteiger partial charge on any atom is -0.462 e. The summed E-state index contributed by atoms with van der Waals surface area (Å²) in [6.07, 6.45) is 1.80. The van der Waals surface area contributed by atoms with E-state index in [1.165, 1.54) is 0 Å². The predicted octanol–water partition coefficient (Wildman–Crippen LogP) is 1.44. The Morgan fingerprint density at radius 3 is 2.74 bits per heavy atom. The van der Waals surface area contributed by atoms with E-state index in [0.29, 0.717) is 19.3 Å². The number of carbonyl (C=O) groups is 2. The summed E-state index contributed by atoms with van der Waals surface area (Å²) in [6.45, 7) is 7.14. The average Bonchev–Trinajstić information content (AvgIpc) is 2.76. The molecular weight excluding hydrogens is 248 g/mol. The smallest absolute Gasteiger partial charge is 0.330 e. The van der Waals surface area contributed by atoms with Gasteiger partial charge in [-0.15, -0.1) is 0 Å². The molecule has 4 unspecified atom stereocenters. The Labute approximate surface area is 113 Å². The highest BCUT2D eigenvalue weighted by atomic mass is 16.6. The van der Waals surface area contributed by atoms with Crippen molar-refractivity contribution in [1.82, 2.24) is 0 Å². The SMILES string of the molecule is C=CC(=O)OCC1CCC(OC(=O)C(C)CC)C1O. The molecule has 0 spiro atoms. The Hall–Kier alpha value is -1.36. The molecule has 0 saturated heterocycles. The summed E-state index contributed by atoms with van der Waals surface area (Å²) in [4.78, 5) is 22.6. The molecule has 1 aliphatic carbocycles. The third-order valence-electron chi connectivity index (χ3n) is 3.57. The molecule has 0 heterocycles. The molecule has 108 valence electrons. The van der Waals surface area contributed by atoms with Gasteiger partial charge in [0, 0.05) is 12.0 Å². The van der Waals surface area contributed by atoms with E-state index in [9.17, 15) is 14.7 Å². The Morgan fingerprint density at radius 2 is 2.16 bits per heavy atom. The lowest BCUT2D eigenvalue weighted by Gasteiger charge is -2.21. The summed E-state index contributed by atoms with van der Waals surface area (Å²) in [6, 6.07) is 0. The van der Waals surface area contributed by atoms with Crippen molar-refractivity contribution in [2.75, 3.05) is 6.61 Å². The lowest BCUT2D eigenvalue weighted by molar-refractivity contribution is -0.159. The number of carbonyl (C=O) groups excluding carboxylic acids is 2. The van der Waals surface area contributed by atoms with E-state index in [1.54, 1.807) is 6.92 Å². The normalized spacial score (nSPS) is 27.6. The van der Waals surface area contributed by atoms with Crippen LogP contribution in [0.5, 0.6) is 0 Å². The van der Waals surface area contributed by atoms with E-state index in [4.69, 9.17) is 9.47 Å². The average molecular weight is 270 g/mol. The maximum Gasteiger partial charge on any atom is 0.330 e. The van der Waals surface area contributed by atoms with E-state index in [2.05, 4.69) is 6.58 Å². The van der Waals surface area contributed by atoms with Gasteiger partial charge in [-0.25, -0.2) is 4.79 Å². The Morgan fingerprint density at radius 1 is 1.47 bits per heavy atom. The number of esters is 2. The third-order valence-corrected chi connectivity index (χ3v) is 3.57. The largest absolute Gasteiger partial charge is 0.462 e. The van der Waals surface area contributed by atoms with Crippen LogP contribution in [0.4, 0.5) is 0 Å². The highest BCUT2D eigenvalue weighted by molar-refractivity contribution is 5.81. The molecule has 1 N–H and O–H groups in total. The molecule has 0 aromatic heterocycles. The molecule has 5 heteroatoms. The van der Waals surface area contributed by atoms with Crippen molar-refractivity contribution in [1.29, 1.82) is 0 Å². The number of hydrogen-bond acceptors (Lipinski definition) is 5. The number of ether oxygens (including phenoxy) is 2. The molecule has 0 aliphatic heterocycles. The van der Waals surface area contributed by atoms with Gasteiger partial charge in [-0.1, -0.05) is 20.4 Å². The van der Waals surface area contributed by atoms with Gasteiger partial charge in [-0.2, -0.15) is 0 Å². The maximum absolute atomic E-state index is 11.7. The fourth-order valence-corrected chi connectivity index (χ4v) is 2.01. The first-order valence-electron chi connectivity index (χ1n) is 6.67. The van der Waals surface area contributed by atoms with Crippen LogP contribution < -0.4 is 0 Å². The van der Waals surface area contributed by atoms with Crippen LogP contribution in [0.15, 0.2) is 12.7 Å². The number of rotatable bonds is 6. The fraction of sp³-hybridized carbons (Fsp3) is 0.714. The lowest BCUT2D eigenvalue weighted by atomic mass is 10.1. The predicted molar refractivity (Wildman–Crippen MR) is 69.2 cm³/mol. The third kappa shape index (κ3) is 4.35. The van der Waals surface area contributed by atoms with Crippen LogP contribution in [-0.4, -0.2) is 35.9 Å². The van der Waals surface area contributed by atoms with E-state index >= 15 is 0 Å². The Balaban J connectivity index is 2.42. The molecular formula is C14H22O5. The van der Waals surface area contributed by atoms with Gasteiger partial charge >= 0.3 is 11.9 Å². The summed E-state index contributed by atoms with van der Waals surface area (Å²) in [5, 5.41) is 10.0. The van der Waals surface area contributed by atoms with Gasteiger partial charge in [-0.05, 0) is 19.3 Å². The number of aliphatic hydroxyl groups excluding tert-OH is 1. The van der Waals surface area contributed by atoms with Gasteiger partial charge < -0.3 is 14.6 Å². The molecule has 0 bridgehead atoms. The first kappa shape index (κ1) is 15.7. The van der Waals surface area contributed by atoms with E-state index in [0.717, 1.165) is 6.08 Å². The van der Waals surface area contributed by atoms with Gasteiger partial charge in [0.1, 0.15) is 6.10 Å². The van der Waals surface area contributed by atoms with Crippen LogP contribution in [0.3, 0.4) is 0 Å². The summed E-state index contributed by atoms with van der Waals surface area (Å²) < 4.78 is 10.2. The van der Waals surface area contributed by atoms with Gasteiger partial charge in [0.05, 0.1) is 18.6 Å². The zero-order chi connectivity index (χ0) is 14.4. The van der Waals surface area contributed by atoms with Crippen molar-refractivity contribution in [3.8, 4) is 0 Å². The molecule has 5 nitrogen and oxygen atoms in total. The van der Waals surface area contributed by atoms with Gasteiger partial charge in [0.2, 0.25) is 0 Å². The second-order valence-corrected chi connectivity index (χ2v) is 4.95. The zero-order valence-electron chi connectivity index (χ0n) is 11.5. The molecule has 1 saturated carbocycles. The molecule has 0 aromatic carbocycles. The van der Waals surface area contributed by atoms with Gasteiger partial charge in [0.25, 0.3) is 0 Å². The molecule has 19 heavy (non-hydrogen) atoms. The van der Waals surface area contributed by atoms with E-state index in [-0.39, 0.29) is 24.4 Å². The number of hydrogen-bond donors (Lipinski definition) is 1. The molecule has 0 radical (unpaired) electrons. The second-order valence-electron chi connectivity index (χ2n) is 4.95. The summed E-state index contributed by atoms with van der Waals surface area (Å²) in [7, 11) is 0. The van der Waals surface area contributed by atoms with Crippen molar-refractivity contribution in [2.45, 2.75) is 45.3 Å². The lowest BCUT2D eigenvalue weighted by Crippen LogP contribution is -2.33. The second kappa shape index (κ2) is 7.28. The van der Waals surface area contributed by atoms with E-state index in [1.807, 2.05) is 6.92 Å². The van der Waals surface area contributed by atoms with Crippen molar-refractivity contribution in [3.05, 3.63) is 12.7 Å². The molecule has 1 fully saturated rings. The standard InChI is InChI=1S/C14H22O5/c1-4-9(3)14(17)19-11-7-6-10(13(11)16)8-18-12(15)5-2/h5,9-11,13,16H,2,4,6-8H2,1,3H3. The quantitative estimate of drug-likeness (QED) is 0.584. The highest BCUT2D eigenvalue weighted by Gasteiger charge is 2.38. The van der Waals surface area contributed by atoms with Crippen molar-refractivity contribution >= 4 is 11.9 Å². The highest BCUT2D eigenvalue weighted by Crippen LogP contribution is 2.29. The monoisotopic (exact) mass is 270 g/mol. The fourth-order valence-electron chi connectivity index (χ4n) is 2.01. The van der Waals surface area contributed by atoms with Crippen molar-refractivity contribution in [2.24, 2.45) is 11.8 Å². The van der Waals surface area contributed by atoms with Crippen molar-refractivity contribution < 1.29 is 24.2 Å². The first-order valence-corrected chi connectivity index (χ1v) is 6.67. The van der Waals surface area contributed by atoms with Gasteiger partial charge in [-0.3, -0.25) is 4.79 Å². The molecule has 0 aromatic rings. The Bertz CT molecular complexity index is 339. The molecule has 1 rings (SSSR count). The molecule has 0 amide bonds. The zero-order valence-corrected chi connectivity index (χ0v) is 11.5. The Kier molecular flexibility index (Phi) is 6.02. The summed E-state index contributed by atoms with van der Waals surface area (Å²) >= 11 is 0. The topological polar surface area (TPSA) is 72.8 Å². The van der Waals surface area contributed by atoms with Crippen LogP contribution in [0, 0.1) is 11.8 Å². The van der Waals surface area contributed by atoms with Crippen molar-refractivity contribution in [3.63, 3.8) is 0 Å². The van der Waals surface area contributed by atoms with Crippen LogP contribution in [0.2, 0.25) is 0 Å².